The summed E-state index contributed by atoms with van der Waals surface area (Å²) in [6.07, 6.45) is 5.32. The van der Waals surface area contributed by atoms with Crippen LogP contribution in [0.2, 0.25) is 5.02 Å². The van der Waals surface area contributed by atoms with Gasteiger partial charge in [-0.3, -0.25) is 4.79 Å². The van der Waals surface area contributed by atoms with Crippen molar-refractivity contribution < 1.29 is 9.53 Å². The van der Waals surface area contributed by atoms with Gasteiger partial charge in [-0.15, -0.1) is 0 Å². The van der Waals surface area contributed by atoms with E-state index < -0.39 is 0 Å². The van der Waals surface area contributed by atoms with Crippen molar-refractivity contribution in [2.24, 2.45) is 0 Å². The lowest BCUT2D eigenvalue weighted by Gasteiger charge is -2.24. The van der Waals surface area contributed by atoms with Crippen LogP contribution in [-0.4, -0.2) is 38.1 Å². The fraction of sp³-hybridized carbons (Fsp3) is 0.227. The highest BCUT2D eigenvalue weighted by Crippen LogP contribution is 2.29. The molecule has 0 spiro atoms. The molecule has 140 valence electrons. The topological polar surface area (TPSA) is 41.6 Å². The molecule has 1 aliphatic rings. The molecule has 1 aliphatic heterocycles. The van der Waals surface area contributed by atoms with Gasteiger partial charge in [0.2, 0.25) is 5.91 Å². The zero-order valence-electron chi connectivity index (χ0n) is 15.5. The molecule has 1 N–H and O–H groups in total. The summed E-state index contributed by atoms with van der Waals surface area (Å²) in [5.74, 6) is 0.674. The monoisotopic (exact) mass is 382 g/mol. The van der Waals surface area contributed by atoms with Gasteiger partial charge in [-0.2, -0.15) is 0 Å². The van der Waals surface area contributed by atoms with Crippen LogP contribution in [0.15, 0.2) is 66.3 Å². The number of carbonyl (C=O) groups is 1. The number of hydrogen-bond acceptors (Lipinski definition) is 3. The lowest BCUT2D eigenvalue weighted by molar-refractivity contribution is -0.116. The SMILES string of the molecule is CN(C)C(CNC(=O)/C=C/C1=Cc2cc(Cl)ccc2OC1)c1ccccc1. The van der Waals surface area contributed by atoms with Gasteiger partial charge in [0.1, 0.15) is 12.4 Å². The number of ether oxygens (including phenoxy) is 1. The van der Waals surface area contributed by atoms with Gasteiger partial charge in [0, 0.05) is 23.2 Å². The van der Waals surface area contributed by atoms with Crippen molar-refractivity contribution in [1.82, 2.24) is 10.2 Å². The predicted octanol–water partition coefficient (Wildman–Crippen LogP) is 4.09. The van der Waals surface area contributed by atoms with Gasteiger partial charge in [0.15, 0.2) is 0 Å². The fourth-order valence-electron chi connectivity index (χ4n) is 2.97. The Balaban J connectivity index is 1.60. The van der Waals surface area contributed by atoms with Crippen LogP contribution in [0.4, 0.5) is 0 Å². The number of rotatable bonds is 6. The van der Waals surface area contributed by atoms with E-state index in [1.54, 1.807) is 18.2 Å². The first kappa shape index (κ1) is 19.2. The van der Waals surface area contributed by atoms with Gasteiger partial charge in [0.05, 0.1) is 6.04 Å². The molecule has 1 amide bonds. The van der Waals surface area contributed by atoms with E-state index in [-0.39, 0.29) is 11.9 Å². The number of nitrogens with one attached hydrogen (secondary N) is 1. The van der Waals surface area contributed by atoms with Crippen molar-refractivity contribution in [2.75, 3.05) is 27.2 Å². The highest BCUT2D eigenvalue weighted by atomic mass is 35.5. The number of benzene rings is 2. The van der Waals surface area contributed by atoms with Crippen molar-refractivity contribution in [2.45, 2.75) is 6.04 Å². The van der Waals surface area contributed by atoms with Crippen molar-refractivity contribution in [3.8, 4) is 5.75 Å². The van der Waals surface area contributed by atoms with Crippen LogP contribution in [0.3, 0.4) is 0 Å². The summed E-state index contributed by atoms with van der Waals surface area (Å²) in [6, 6.07) is 15.8. The molecule has 0 saturated heterocycles. The maximum atomic E-state index is 12.2. The van der Waals surface area contributed by atoms with Crippen LogP contribution in [0, 0.1) is 0 Å². The van der Waals surface area contributed by atoms with Gasteiger partial charge >= 0.3 is 0 Å². The molecule has 1 unspecified atom stereocenters. The maximum absolute atomic E-state index is 12.2. The van der Waals surface area contributed by atoms with E-state index in [9.17, 15) is 4.79 Å². The third-order valence-corrected chi connectivity index (χ3v) is 4.67. The highest BCUT2D eigenvalue weighted by Gasteiger charge is 2.14. The average Bonchev–Trinajstić information content (AvgIpc) is 2.66. The minimum Gasteiger partial charge on any atom is -0.488 e. The molecule has 0 fully saturated rings. The Hall–Kier alpha value is -2.56. The third-order valence-electron chi connectivity index (χ3n) is 4.43. The van der Waals surface area contributed by atoms with Crippen LogP contribution in [0.25, 0.3) is 6.08 Å². The summed E-state index contributed by atoms with van der Waals surface area (Å²) in [4.78, 5) is 14.3. The quantitative estimate of drug-likeness (QED) is 0.765. The Morgan fingerprint density at radius 1 is 1.26 bits per heavy atom. The van der Waals surface area contributed by atoms with Crippen LogP contribution < -0.4 is 10.1 Å². The van der Waals surface area contributed by atoms with Gasteiger partial charge in [-0.05, 0) is 49.5 Å². The van der Waals surface area contributed by atoms with Crippen LogP contribution >= 0.6 is 11.6 Å². The standard InChI is InChI=1S/C22H23ClN2O2/c1-25(2)20(17-6-4-3-5-7-17)14-24-22(26)11-8-16-12-18-13-19(23)9-10-21(18)27-15-16/h3-13,20H,14-15H2,1-2H3,(H,24,26)/b11-8+. The molecule has 0 bridgehead atoms. The third kappa shape index (κ3) is 5.22. The van der Waals surface area contributed by atoms with E-state index in [0.717, 1.165) is 16.9 Å². The lowest BCUT2D eigenvalue weighted by Crippen LogP contribution is -2.33. The van der Waals surface area contributed by atoms with Crippen molar-refractivity contribution in [3.63, 3.8) is 0 Å². The molecule has 0 aromatic heterocycles. The summed E-state index contributed by atoms with van der Waals surface area (Å²) in [6.45, 7) is 0.969. The molecule has 4 nitrogen and oxygen atoms in total. The number of nitrogens with zero attached hydrogens (tertiary/aromatic N) is 1. The van der Waals surface area contributed by atoms with Crippen molar-refractivity contribution in [1.29, 1.82) is 0 Å². The number of hydrogen-bond donors (Lipinski definition) is 1. The minimum absolute atomic E-state index is 0.120. The summed E-state index contributed by atoms with van der Waals surface area (Å²) >= 11 is 6.03. The Morgan fingerprint density at radius 3 is 2.78 bits per heavy atom. The zero-order valence-corrected chi connectivity index (χ0v) is 16.2. The Morgan fingerprint density at radius 2 is 2.04 bits per heavy atom. The second kappa shape index (κ2) is 8.89. The van der Waals surface area contributed by atoms with E-state index >= 15 is 0 Å². The Bertz CT molecular complexity index is 860. The molecule has 2 aromatic carbocycles. The summed E-state index contributed by atoms with van der Waals surface area (Å²) in [7, 11) is 4.01. The summed E-state index contributed by atoms with van der Waals surface area (Å²) < 4.78 is 5.69. The van der Waals surface area contributed by atoms with Crippen LogP contribution in [0.1, 0.15) is 17.2 Å². The normalized spacial score (nSPS) is 14.4. The molecule has 1 heterocycles. The number of carbonyl (C=O) groups excluding carboxylic acids is 1. The minimum atomic E-state index is -0.129. The van der Waals surface area contributed by atoms with E-state index in [0.29, 0.717) is 18.2 Å². The molecule has 2 aromatic rings. The number of likely N-dealkylation sites (N-methyl/N-ethyl adjacent to an activating group) is 1. The highest BCUT2D eigenvalue weighted by molar-refractivity contribution is 6.30. The van der Waals surface area contributed by atoms with Gasteiger partial charge < -0.3 is 15.0 Å². The smallest absolute Gasteiger partial charge is 0.244 e. The molecule has 0 radical (unpaired) electrons. The largest absolute Gasteiger partial charge is 0.488 e. The summed E-state index contributed by atoms with van der Waals surface area (Å²) in [5.41, 5.74) is 3.02. The van der Waals surface area contributed by atoms with Gasteiger partial charge in [-0.1, -0.05) is 48.0 Å². The molecule has 0 aliphatic carbocycles. The van der Waals surface area contributed by atoms with Crippen molar-refractivity contribution in [3.05, 3.63) is 82.4 Å². The summed E-state index contributed by atoms with van der Waals surface area (Å²) in [5, 5.41) is 3.63. The number of amides is 1. The number of halogens is 1. The van der Waals surface area contributed by atoms with Crippen LogP contribution in [-0.2, 0) is 4.79 Å². The Labute approximate surface area is 165 Å². The van der Waals surface area contributed by atoms with Gasteiger partial charge in [0.25, 0.3) is 0 Å². The molecular weight excluding hydrogens is 360 g/mol. The average molecular weight is 383 g/mol. The molecule has 5 heteroatoms. The second-order valence-corrected chi connectivity index (χ2v) is 7.10. The van der Waals surface area contributed by atoms with Gasteiger partial charge in [-0.25, -0.2) is 0 Å². The molecular formula is C22H23ClN2O2. The van der Waals surface area contributed by atoms with Crippen molar-refractivity contribution >= 4 is 23.6 Å². The van der Waals surface area contributed by atoms with E-state index in [4.69, 9.17) is 16.3 Å². The molecule has 1 atom stereocenters. The predicted molar refractivity (Wildman–Crippen MR) is 110 cm³/mol. The second-order valence-electron chi connectivity index (χ2n) is 6.66. The Kier molecular flexibility index (Phi) is 6.32. The van der Waals surface area contributed by atoms with Crippen LogP contribution in [0.5, 0.6) is 5.75 Å². The number of fused-ring (bicyclic) bond motifs is 1. The van der Waals surface area contributed by atoms with E-state index in [2.05, 4.69) is 22.3 Å². The first-order chi connectivity index (χ1) is 13.0. The zero-order chi connectivity index (χ0) is 19.2. The molecule has 0 saturated carbocycles. The lowest BCUT2D eigenvalue weighted by atomic mass is 10.1. The maximum Gasteiger partial charge on any atom is 0.244 e. The first-order valence-electron chi connectivity index (χ1n) is 8.83. The fourth-order valence-corrected chi connectivity index (χ4v) is 3.16. The first-order valence-corrected chi connectivity index (χ1v) is 9.21. The van der Waals surface area contributed by atoms with E-state index in [1.165, 1.54) is 5.56 Å². The van der Waals surface area contributed by atoms with E-state index in [1.807, 2.05) is 50.5 Å². The molecule has 27 heavy (non-hydrogen) atoms. The molecule has 3 rings (SSSR count).